The summed E-state index contributed by atoms with van der Waals surface area (Å²) in [5.41, 5.74) is 0.618. The summed E-state index contributed by atoms with van der Waals surface area (Å²) < 4.78 is 12.9. The number of carbonyl (C=O) groups excluding carboxylic acids is 1. The molecule has 0 aliphatic rings. The van der Waals surface area contributed by atoms with E-state index in [0.717, 1.165) is 12.3 Å². The third kappa shape index (κ3) is 3.12. The lowest BCUT2D eigenvalue weighted by molar-refractivity contribution is 0.0696. The number of benzene rings is 1. The molecule has 0 fully saturated rings. The Morgan fingerprint density at radius 2 is 1.79 bits per heavy atom. The SMILES string of the molecule is O=C(O)c1ccc(NC(=O)c2cncc(F)c2)cc1. The van der Waals surface area contributed by atoms with Gasteiger partial charge in [-0.15, -0.1) is 0 Å². The Morgan fingerprint density at radius 1 is 1.11 bits per heavy atom. The van der Waals surface area contributed by atoms with Crippen LogP contribution in [0.15, 0.2) is 42.7 Å². The minimum absolute atomic E-state index is 0.0855. The zero-order chi connectivity index (χ0) is 13.8. The van der Waals surface area contributed by atoms with Crippen LogP contribution in [0.3, 0.4) is 0 Å². The quantitative estimate of drug-likeness (QED) is 0.886. The zero-order valence-corrected chi connectivity index (χ0v) is 9.63. The molecule has 5 nitrogen and oxygen atoms in total. The van der Waals surface area contributed by atoms with Crippen LogP contribution in [-0.2, 0) is 0 Å². The van der Waals surface area contributed by atoms with Gasteiger partial charge in [0.25, 0.3) is 5.91 Å². The normalized spacial score (nSPS) is 9.95. The van der Waals surface area contributed by atoms with Gasteiger partial charge >= 0.3 is 5.97 Å². The molecule has 6 heteroatoms. The summed E-state index contributed by atoms with van der Waals surface area (Å²) in [6, 6.07) is 6.69. The van der Waals surface area contributed by atoms with E-state index in [0.29, 0.717) is 5.69 Å². The molecule has 19 heavy (non-hydrogen) atoms. The molecule has 2 N–H and O–H groups in total. The van der Waals surface area contributed by atoms with Crippen LogP contribution in [-0.4, -0.2) is 22.0 Å². The number of halogens is 1. The molecular weight excluding hydrogens is 251 g/mol. The smallest absolute Gasteiger partial charge is 0.335 e. The lowest BCUT2D eigenvalue weighted by Crippen LogP contribution is -2.12. The molecule has 1 aromatic heterocycles. The number of hydrogen-bond acceptors (Lipinski definition) is 3. The van der Waals surface area contributed by atoms with E-state index in [-0.39, 0.29) is 11.1 Å². The number of hydrogen-bond donors (Lipinski definition) is 2. The molecule has 2 aromatic rings. The molecular formula is C13H9FN2O3. The molecule has 0 unspecified atom stereocenters. The Morgan fingerprint density at radius 3 is 2.37 bits per heavy atom. The summed E-state index contributed by atoms with van der Waals surface area (Å²) in [5, 5.41) is 11.2. The van der Waals surface area contributed by atoms with Gasteiger partial charge < -0.3 is 10.4 Å². The Labute approximate surface area is 107 Å². The van der Waals surface area contributed by atoms with Crippen LogP contribution < -0.4 is 5.32 Å². The number of rotatable bonds is 3. The van der Waals surface area contributed by atoms with E-state index >= 15 is 0 Å². The molecule has 1 amide bonds. The van der Waals surface area contributed by atoms with Gasteiger partial charge in [0.05, 0.1) is 17.3 Å². The number of pyridine rings is 1. The van der Waals surface area contributed by atoms with Crippen LogP contribution in [0.4, 0.5) is 10.1 Å². The molecule has 0 saturated heterocycles. The Balaban J connectivity index is 2.13. The van der Waals surface area contributed by atoms with Crippen molar-refractivity contribution in [2.45, 2.75) is 0 Å². The van der Waals surface area contributed by atoms with Gasteiger partial charge in [-0.2, -0.15) is 0 Å². The Bertz CT molecular complexity index is 626. The lowest BCUT2D eigenvalue weighted by Gasteiger charge is -2.05. The Hall–Kier alpha value is -2.76. The molecule has 96 valence electrons. The summed E-state index contributed by atoms with van der Waals surface area (Å²) in [6.07, 6.45) is 2.24. The van der Waals surface area contributed by atoms with Gasteiger partial charge in [-0.3, -0.25) is 9.78 Å². The van der Waals surface area contributed by atoms with Crippen molar-refractivity contribution in [3.63, 3.8) is 0 Å². The minimum atomic E-state index is -1.05. The van der Waals surface area contributed by atoms with Crippen molar-refractivity contribution in [2.24, 2.45) is 0 Å². The fourth-order valence-corrected chi connectivity index (χ4v) is 1.44. The van der Waals surface area contributed by atoms with Crippen LogP contribution in [0, 0.1) is 5.82 Å². The number of anilines is 1. The van der Waals surface area contributed by atoms with Crippen molar-refractivity contribution < 1.29 is 19.1 Å². The van der Waals surface area contributed by atoms with E-state index in [9.17, 15) is 14.0 Å². The van der Waals surface area contributed by atoms with Crippen molar-refractivity contribution in [3.8, 4) is 0 Å². The van der Waals surface area contributed by atoms with Gasteiger partial charge in [-0.1, -0.05) is 0 Å². The highest BCUT2D eigenvalue weighted by Crippen LogP contribution is 2.11. The highest BCUT2D eigenvalue weighted by Gasteiger charge is 2.08. The van der Waals surface area contributed by atoms with Crippen LogP contribution in [0.5, 0.6) is 0 Å². The van der Waals surface area contributed by atoms with Crippen LogP contribution >= 0.6 is 0 Å². The maximum Gasteiger partial charge on any atom is 0.335 e. The standard InChI is InChI=1S/C13H9FN2O3/c14-10-5-9(6-15-7-10)12(17)16-11-3-1-8(2-4-11)13(18)19/h1-7H,(H,16,17)(H,18,19). The number of amides is 1. The summed E-state index contributed by atoms with van der Waals surface area (Å²) in [4.78, 5) is 26.0. The van der Waals surface area contributed by atoms with E-state index in [1.165, 1.54) is 30.5 Å². The van der Waals surface area contributed by atoms with Gasteiger partial charge in [0.1, 0.15) is 5.82 Å². The number of carbonyl (C=O) groups is 2. The maximum atomic E-state index is 12.9. The minimum Gasteiger partial charge on any atom is -0.478 e. The zero-order valence-electron chi connectivity index (χ0n) is 9.63. The second-order valence-electron chi connectivity index (χ2n) is 3.73. The van der Waals surface area contributed by atoms with Crippen LogP contribution in [0.2, 0.25) is 0 Å². The average molecular weight is 260 g/mol. The van der Waals surface area contributed by atoms with E-state index in [1.807, 2.05) is 0 Å². The predicted octanol–water partition coefficient (Wildman–Crippen LogP) is 2.17. The van der Waals surface area contributed by atoms with Crippen molar-refractivity contribution in [1.29, 1.82) is 0 Å². The highest BCUT2D eigenvalue weighted by atomic mass is 19.1. The molecule has 0 spiro atoms. The van der Waals surface area contributed by atoms with Crippen LogP contribution in [0.1, 0.15) is 20.7 Å². The van der Waals surface area contributed by atoms with Crippen LogP contribution in [0.25, 0.3) is 0 Å². The first kappa shape index (κ1) is 12.7. The molecule has 0 aliphatic heterocycles. The molecule has 1 heterocycles. The first-order valence-electron chi connectivity index (χ1n) is 5.31. The molecule has 0 atom stereocenters. The van der Waals surface area contributed by atoms with E-state index in [4.69, 9.17) is 5.11 Å². The number of carboxylic acid groups (broad SMARTS) is 1. The van der Waals surface area contributed by atoms with E-state index < -0.39 is 17.7 Å². The first-order chi connectivity index (χ1) is 9.06. The molecule has 0 radical (unpaired) electrons. The average Bonchev–Trinajstić information content (AvgIpc) is 2.39. The van der Waals surface area contributed by atoms with Gasteiger partial charge in [0.15, 0.2) is 0 Å². The molecule has 1 aromatic carbocycles. The highest BCUT2D eigenvalue weighted by molar-refractivity contribution is 6.04. The van der Waals surface area contributed by atoms with Gasteiger partial charge in [-0.25, -0.2) is 9.18 Å². The molecule has 2 rings (SSSR count). The largest absolute Gasteiger partial charge is 0.478 e. The van der Waals surface area contributed by atoms with Crippen molar-refractivity contribution >= 4 is 17.6 Å². The summed E-state index contributed by atoms with van der Waals surface area (Å²) in [6.45, 7) is 0. The third-order valence-electron chi connectivity index (χ3n) is 2.36. The topological polar surface area (TPSA) is 79.3 Å². The summed E-state index contributed by atoms with van der Waals surface area (Å²) in [5.74, 6) is -2.17. The first-order valence-corrected chi connectivity index (χ1v) is 5.31. The lowest BCUT2D eigenvalue weighted by atomic mass is 10.2. The number of nitrogens with zero attached hydrogens (tertiary/aromatic N) is 1. The fraction of sp³-hybridized carbons (Fsp3) is 0. The van der Waals surface area contributed by atoms with E-state index in [1.54, 1.807) is 0 Å². The number of aromatic nitrogens is 1. The monoisotopic (exact) mass is 260 g/mol. The van der Waals surface area contributed by atoms with Crippen molar-refractivity contribution in [2.75, 3.05) is 5.32 Å². The summed E-state index contributed by atoms with van der Waals surface area (Å²) in [7, 11) is 0. The van der Waals surface area contributed by atoms with Gasteiger partial charge in [0.2, 0.25) is 0 Å². The van der Waals surface area contributed by atoms with Gasteiger partial charge in [-0.05, 0) is 30.3 Å². The van der Waals surface area contributed by atoms with E-state index in [2.05, 4.69) is 10.3 Å². The van der Waals surface area contributed by atoms with Gasteiger partial charge in [0, 0.05) is 11.9 Å². The number of carboxylic acids is 1. The van der Waals surface area contributed by atoms with Crippen molar-refractivity contribution in [3.05, 3.63) is 59.7 Å². The fourth-order valence-electron chi connectivity index (χ4n) is 1.44. The third-order valence-corrected chi connectivity index (χ3v) is 2.36. The predicted molar refractivity (Wildman–Crippen MR) is 65.5 cm³/mol. The second-order valence-corrected chi connectivity index (χ2v) is 3.73. The second kappa shape index (κ2) is 5.26. The number of nitrogens with one attached hydrogen (secondary N) is 1. The molecule has 0 saturated carbocycles. The summed E-state index contributed by atoms with van der Waals surface area (Å²) >= 11 is 0. The molecule has 0 aliphatic carbocycles. The maximum absolute atomic E-state index is 12.9. The molecule has 0 bridgehead atoms. The number of aromatic carboxylic acids is 1. The van der Waals surface area contributed by atoms with Crippen molar-refractivity contribution in [1.82, 2.24) is 4.98 Å². The Kier molecular flexibility index (Phi) is 3.51.